The van der Waals surface area contributed by atoms with Gasteiger partial charge in [0.05, 0.1) is 46.9 Å². The molecule has 2 bridgehead atoms. The number of H-pyrrole nitrogens is 1. The number of anilines is 1. The van der Waals surface area contributed by atoms with Crippen molar-refractivity contribution in [3.05, 3.63) is 69.6 Å². The molecular weight excluding hydrogens is 538 g/mol. The lowest BCUT2D eigenvalue weighted by atomic mass is 9.81. The number of benzene rings is 2. The van der Waals surface area contributed by atoms with Crippen molar-refractivity contribution >= 4 is 34.4 Å². The molecule has 1 N–H and O–H groups in total. The number of aromatic nitrogens is 2. The average Bonchev–Trinajstić information content (AvgIpc) is 3.59. The molecule has 1 aromatic heterocycles. The number of rotatable bonds is 2. The van der Waals surface area contributed by atoms with Gasteiger partial charge in [-0.2, -0.15) is 5.10 Å². The molecule has 41 heavy (non-hydrogen) atoms. The summed E-state index contributed by atoms with van der Waals surface area (Å²) in [6.07, 6.45) is -0.398. The normalized spacial score (nSPS) is 28.5. The minimum atomic E-state index is -1.24. The Morgan fingerprint density at radius 1 is 0.976 bits per heavy atom. The molecule has 3 aromatic rings. The van der Waals surface area contributed by atoms with E-state index in [1.165, 1.54) is 24.3 Å². The van der Waals surface area contributed by atoms with Gasteiger partial charge in [-0.3, -0.25) is 24.2 Å². The van der Waals surface area contributed by atoms with Gasteiger partial charge >= 0.3 is 6.09 Å². The molecule has 0 aliphatic carbocycles. The van der Waals surface area contributed by atoms with Gasteiger partial charge in [-0.05, 0) is 63.4 Å². The molecule has 3 amide bonds. The predicted molar refractivity (Wildman–Crippen MR) is 140 cm³/mol. The number of aromatic amines is 1. The number of hydrogen-bond donors (Lipinski definition) is 1. The van der Waals surface area contributed by atoms with Crippen LogP contribution in [0.15, 0.2) is 41.2 Å². The fourth-order valence-electron chi connectivity index (χ4n) is 6.90. The molecule has 0 saturated carbocycles. The predicted octanol–water partition coefficient (Wildman–Crippen LogP) is 3.90. The second kappa shape index (κ2) is 8.65. The summed E-state index contributed by atoms with van der Waals surface area (Å²) in [5, 5.41) is 6.65. The number of likely N-dealkylation sites (tertiary alicyclic amines) is 1. The molecule has 2 aromatic carbocycles. The second-order valence-electron chi connectivity index (χ2n) is 12.0. The van der Waals surface area contributed by atoms with Crippen LogP contribution in [0.2, 0.25) is 0 Å². The van der Waals surface area contributed by atoms with Gasteiger partial charge in [0.25, 0.3) is 5.56 Å². The van der Waals surface area contributed by atoms with Gasteiger partial charge in [0, 0.05) is 5.39 Å². The lowest BCUT2D eigenvalue weighted by Crippen LogP contribution is -2.50. The summed E-state index contributed by atoms with van der Waals surface area (Å²) in [5.74, 6) is -3.65. The van der Waals surface area contributed by atoms with E-state index in [4.69, 9.17) is 9.47 Å². The van der Waals surface area contributed by atoms with Crippen LogP contribution in [0.5, 0.6) is 0 Å². The zero-order valence-corrected chi connectivity index (χ0v) is 22.4. The first kappa shape index (κ1) is 25.8. The Hall–Kier alpha value is -4.19. The average molecular weight is 565 g/mol. The van der Waals surface area contributed by atoms with Crippen LogP contribution in [-0.4, -0.2) is 50.8 Å². The molecule has 212 valence electrons. The zero-order valence-electron chi connectivity index (χ0n) is 22.4. The molecule has 0 spiro atoms. The molecule has 4 aliphatic heterocycles. The van der Waals surface area contributed by atoms with Gasteiger partial charge < -0.3 is 9.47 Å². The van der Waals surface area contributed by atoms with Crippen molar-refractivity contribution in [3.63, 3.8) is 0 Å². The first-order valence-corrected chi connectivity index (χ1v) is 13.5. The Kier molecular flexibility index (Phi) is 5.44. The van der Waals surface area contributed by atoms with Crippen molar-refractivity contribution in [2.75, 3.05) is 4.90 Å². The summed E-state index contributed by atoms with van der Waals surface area (Å²) in [5.41, 5.74) is -1.26. The Bertz CT molecular complexity index is 1670. The van der Waals surface area contributed by atoms with Gasteiger partial charge in [0.2, 0.25) is 11.8 Å². The second-order valence-corrected chi connectivity index (χ2v) is 12.0. The summed E-state index contributed by atoms with van der Waals surface area (Å²) >= 11 is 0. The number of ether oxygens (including phenoxy) is 2. The van der Waals surface area contributed by atoms with Crippen LogP contribution >= 0.6 is 0 Å². The van der Waals surface area contributed by atoms with E-state index in [1.807, 2.05) is 0 Å². The third kappa shape index (κ3) is 3.73. The first-order valence-electron chi connectivity index (χ1n) is 13.5. The van der Waals surface area contributed by atoms with Crippen molar-refractivity contribution in [1.29, 1.82) is 0 Å². The Balaban J connectivity index is 1.51. The van der Waals surface area contributed by atoms with E-state index in [1.54, 1.807) is 20.8 Å². The number of halogens is 2. The summed E-state index contributed by atoms with van der Waals surface area (Å²) in [6, 6.07) is 4.90. The van der Waals surface area contributed by atoms with Crippen molar-refractivity contribution in [2.24, 2.45) is 11.8 Å². The van der Waals surface area contributed by atoms with E-state index in [2.05, 4.69) is 10.2 Å². The van der Waals surface area contributed by atoms with Gasteiger partial charge in [-0.25, -0.2) is 18.7 Å². The zero-order chi connectivity index (χ0) is 29.0. The molecule has 3 fully saturated rings. The number of carbonyl (C=O) groups excluding carboxylic acids is 3. The Labute approximate surface area is 232 Å². The topological polar surface area (TPSA) is 122 Å². The van der Waals surface area contributed by atoms with Crippen molar-refractivity contribution in [3.8, 4) is 0 Å². The summed E-state index contributed by atoms with van der Waals surface area (Å²) < 4.78 is 40.7. The standard InChI is InChI=1S/C29H26F2N4O6/c1-29(2,3)41-28(39)34-16-11-14(31)10-15-19(16)22(32-33-25(15)36)24(23(34)12-4-6-13(30)7-5-12)35-26(37)20-17-8-9-18(40-17)21(20)27(35)38/h4-7,10-11,17-18,20-21,23-24H,8-9H2,1-3H3,(H,33,36). The number of imide groups is 1. The van der Waals surface area contributed by atoms with Gasteiger partial charge in [-0.1, -0.05) is 12.1 Å². The molecule has 3 saturated heterocycles. The molecule has 12 heteroatoms. The summed E-state index contributed by atoms with van der Waals surface area (Å²) in [7, 11) is 0. The number of hydrogen-bond acceptors (Lipinski definition) is 7. The number of nitrogens with one attached hydrogen (secondary N) is 1. The highest BCUT2D eigenvalue weighted by Crippen LogP contribution is 2.55. The maximum atomic E-state index is 15.0. The SMILES string of the molecule is CC(C)(C)OC(=O)N1c2cc(F)cc3c(=O)[nH]nc(c23)C(N2C(=O)C3C4CCC(O4)C3C2=O)C1c1ccc(F)cc1. The van der Waals surface area contributed by atoms with E-state index >= 15 is 4.39 Å². The molecule has 0 radical (unpaired) electrons. The van der Waals surface area contributed by atoms with E-state index in [-0.39, 0.29) is 22.2 Å². The van der Waals surface area contributed by atoms with Crippen LogP contribution in [0.3, 0.4) is 0 Å². The van der Waals surface area contributed by atoms with Crippen LogP contribution in [0.1, 0.15) is 57.0 Å². The first-order chi connectivity index (χ1) is 19.4. The number of amides is 3. The van der Waals surface area contributed by atoms with Crippen molar-refractivity contribution in [1.82, 2.24) is 15.1 Å². The maximum Gasteiger partial charge on any atom is 0.415 e. The molecule has 4 aliphatic rings. The molecule has 5 heterocycles. The molecule has 10 nitrogen and oxygen atoms in total. The van der Waals surface area contributed by atoms with Crippen LogP contribution < -0.4 is 10.5 Å². The Morgan fingerprint density at radius 3 is 2.22 bits per heavy atom. The third-order valence-corrected chi connectivity index (χ3v) is 8.38. The van der Waals surface area contributed by atoms with Crippen LogP contribution in [0, 0.1) is 23.5 Å². The van der Waals surface area contributed by atoms with Crippen LogP contribution in [-0.2, 0) is 19.1 Å². The van der Waals surface area contributed by atoms with Crippen LogP contribution in [0.25, 0.3) is 10.8 Å². The smallest absolute Gasteiger partial charge is 0.415 e. The lowest BCUT2D eigenvalue weighted by molar-refractivity contribution is -0.146. The van der Waals surface area contributed by atoms with Gasteiger partial charge in [0.1, 0.15) is 23.3 Å². The van der Waals surface area contributed by atoms with E-state index in [9.17, 15) is 23.6 Å². The molecule has 7 rings (SSSR count). The van der Waals surface area contributed by atoms with E-state index in [0.29, 0.717) is 18.4 Å². The molecular formula is C29H26F2N4O6. The highest BCUT2D eigenvalue weighted by atomic mass is 19.1. The van der Waals surface area contributed by atoms with E-state index in [0.717, 1.165) is 21.9 Å². The van der Waals surface area contributed by atoms with Crippen molar-refractivity contribution < 1.29 is 32.6 Å². The van der Waals surface area contributed by atoms with E-state index < -0.39 is 76.8 Å². The fraction of sp³-hybridized carbons (Fsp3) is 0.414. The number of carbonyl (C=O) groups is 3. The highest BCUT2D eigenvalue weighted by molar-refractivity contribution is 6.09. The highest BCUT2D eigenvalue weighted by Gasteiger charge is 2.65. The third-order valence-electron chi connectivity index (χ3n) is 8.38. The largest absolute Gasteiger partial charge is 0.443 e. The number of nitrogens with zero attached hydrogens (tertiary/aromatic N) is 3. The van der Waals surface area contributed by atoms with Crippen molar-refractivity contribution in [2.45, 2.75) is 63.5 Å². The maximum absolute atomic E-state index is 15.0. The summed E-state index contributed by atoms with van der Waals surface area (Å²) in [6.45, 7) is 4.97. The summed E-state index contributed by atoms with van der Waals surface area (Å²) in [4.78, 5) is 57.1. The molecule has 6 unspecified atom stereocenters. The lowest BCUT2D eigenvalue weighted by Gasteiger charge is -2.44. The fourth-order valence-corrected chi connectivity index (χ4v) is 6.90. The number of fused-ring (bicyclic) bond motifs is 5. The van der Waals surface area contributed by atoms with Crippen LogP contribution in [0.4, 0.5) is 19.3 Å². The minimum Gasteiger partial charge on any atom is -0.443 e. The monoisotopic (exact) mass is 564 g/mol. The van der Waals surface area contributed by atoms with Gasteiger partial charge in [-0.15, -0.1) is 0 Å². The van der Waals surface area contributed by atoms with Gasteiger partial charge in [0.15, 0.2) is 0 Å². The minimum absolute atomic E-state index is 0.0175. The Morgan fingerprint density at radius 2 is 1.61 bits per heavy atom. The quantitative estimate of drug-likeness (QED) is 0.469. The molecule has 6 atom stereocenters.